The molecule has 4 rings (SSSR count). The van der Waals surface area contributed by atoms with E-state index in [1.54, 1.807) is 0 Å². The van der Waals surface area contributed by atoms with Crippen LogP contribution in [0.4, 0.5) is 0 Å². The zero-order valence-corrected chi connectivity index (χ0v) is 12.3. The fourth-order valence-electron chi connectivity index (χ4n) is 3.02. The van der Waals surface area contributed by atoms with E-state index >= 15 is 0 Å². The standard InChI is InChI=1S/C17H22N2O2/c20-17(18-12-8-9-12)15-6-1-2-7-16(15)21-14-10-19(11-14)13-4-3-5-13/h1-2,6-7,12-14H,3-5,8-11H2,(H,18,20). The van der Waals surface area contributed by atoms with E-state index < -0.39 is 0 Å². The Bertz CT molecular complexity index is 531. The van der Waals surface area contributed by atoms with Gasteiger partial charge in [-0.3, -0.25) is 9.69 Å². The van der Waals surface area contributed by atoms with Crippen molar-refractivity contribution in [3.63, 3.8) is 0 Å². The molecule has 0 spiro atoms. The van der Waals surface area contributed by atoms with Gasteiger partial charge in [-0.25, -0.2) is 0 Å². The molecule has 3 fully saturated rings. The van der Waals surface area contributed by atoms with Crippen molar-refractivity contribution in [1.82, 2.24) is 10.2 Å². The first-order valence-corrected chi connectivity index (χ1v) is 8.10. The largest absolute Gasteiger partial charge is 0.487 e. The molecule has 3 aliphatic rings. The van der Waals surface area contributed by atoms with Crippen LogP contribution in [0.5, 0.6) is 5.75 Å². The molecule has 2 saturated carbocycles. The van der Waals surface area contributed by atoms with E-state index in [0.29, 0.717) is 11.6 Å². The number of likely N-dealkylation sites (tertiary alicyclic amines) is 1. The Kier molecular flexibility index (Phi) is 3.34. The average Bonchev–Trinajstić information content (AvgIpc) is 3.18. The van der Waals surface area contributed by atoms with Gasteiger partial charge in [0.15, 0.2) is 0 Å². The first-order valence-electron chi connectivity index (χ1n) is 8.10. The third-order valence-corrected chi connectivity index (χ3v) is 4.81. The number of ether oxygens (including phenoxy) is 1. The van der Waals surface area contributed by atoms with E-state index in [4.69, 9.17) is 4.74 Å². The van der Waals surface area contributed by atoms with Gasteiger partial charge in [0, 0.05) is 25.2 Å². The Hall–Kier alpha value is -1.55. The Morgan fingerprint density at radius 3 is 2.57 bits per heavy atom. The molecule has 112 valence electrons. The van der Waals surface area contributed by atoms with Gasteiger partial charge >= 0.3 is 0 Å². The van der Waals surface area contributed by atoms with Crippen molar-refractivity contribution in [3.8, 4) is 5.75 Å². The maximum absolute atomic E-state index is 12.2. The molecule has 0 bridgehead atoms. The normalized spacial score (nSPS) is 23.2. The highest BCUT2D eigenvalue weighted by atomic mass is 16.5. The van der Waals surface area contributed by atoms with Crippen LogP contribution in [0.2, 0.25) is 0 Å². The molecule has 0 radical (unpaired) electrons. The van der Waals surface area contributed by atoms with Gasteiger partial charge in [0.25, 0.3) is 5.91 Å². The average molecular weight is 286 g/mol. The second-order valence-electron chi connectivity index (χ2n) is 6.52. The predicted molar refractivity (Wildman–Crippen MR) is 80.6 cm³/mol. The van der Waals surface area contributed by atoms with Crippen LogP contribution >= 0.6 is 0 Å². The molecule has 0 aromatic heterocycles. The number of carbonyl (C=O) groups is 1. The molecule has 1 aromatic carbocycles. The summed E-state index contributed by atoms with van der Waals surface area (Å²) in [5.41, 5.74) is 0.673. The van der Waals surface area contributed by atoms with Crippen LogP contribution in [0, 0.1) is 0 Å². The van der Waals surface area contributed by atoms with E-state index in [-0.39, 0.29) is 12.0 Å². The summed E-state index contributed by atoms with van der Waals surface area (Å²) in [4.78, 5) is 14.7. The SMILES string of the molecule is O=C(NC1CC1)c1ccccc1OC1CN(C2CCC2)C1. The van der Waals surface area contributed by atoms with Gasteiger partial charge in [0.2, 0.25) is 0 Å². The Labute approximate surface area is 125 Å². The second kappa shape index (κ2) is 5.34. The lowest BCUT2D eigenvalue weighted by atomic mass is 9.89. The molecule has 21 heavy (non-hydrogen) atoms. The zero-order chi connectivity index (χ0) is 14.2. The van der Waals surface area contributed by atoms with Crippen molar-refractivity contribution in [3.05, 3.63) is 29.8 Å². The summed E-state index contributed by atoms with van der Waals surface area (Å²) in [5.74, 6) is 0.734. The van der Waals surface area contributed by atoms with Crippen LogP contribution in [0.25, 0.3) is 0 Å². The van der Waals surface area contributed by atoms with Crippen molar-refractivity contribution in [2.24, 2.45) is 0 Å². The molecule has 1 aliphatic heterocycles. The summed E-state index contributed by atoms with van der Waals surface area (Å²) < 4.78 is 6.05. The smallest absolute Gasteiger partial charge is 0.255 e. The number of para-hydroxylation sites is 1. The number of amides is 1. The van der Waals surface area contributed by atoms with E-state index in [0.717, 1.165) is 37.7 Å². The fourth-order valence-corrected chi connectivity index (χ4v) is 3.02. The molecule has 0 atom stereocenters. The Morgan fingerprint density at radius 2 is 1.90 bits per heavy atom. The van der Waals surface area contributed by atoms with Crippen molar-refractivity contribution in [1.29, 1.82) is 0 Å². The summed E-state index contributed by atoms with van der Waals surface area (Å²) in [7, 11) is 0. The quantitative estimate of drug-likeness (QED) is 0.902. The number of nitrogens with zero attached hydrogens (tertiary/aromatic N) is 1. The van der Waals surface area contributed by atoms with E-state index in [1.807, 2.05) is 24.3 Å². The minimum absolute atomic E-state index is 0.00303. The molecule has 2 aliphatic carbocycles. The molecule has 4 heteroatoms. The van der Waals surface area contributed by atoms with Gasteiger partial charge in [0.05, 0.1) is 5.56 Å². The molecule has 1 aromatic rings. The fraction of sp³-hybridized carbons (Fsp3) is 0.588. The van der Waals surface area contributed by atoms with Crippen LogP contribution in [-0.2, 0) is 0 Å². The maximum Gasteiger partial charge on any atom is 0.255 e. The highest BCUT2D eigenvalue weighted by molar-refractivity contribution is 5.97. The molecule has 1 N–H and O–H groups in total. The van der Waals surface area contributed by atoms with E-state index in [2.05, 4.69) is 10.2 Å². The molecule has 4 nitrogen and oxygen atoms in total. The van der Waals surface area contributed by atoms with Gasteiger partial charge in [-0.2, -0.15) is 0 Å². The predicted octanol–water partition coefficient (Wildman–Crippen LogP) is 2.19. The first kappa shape index (κ1) is 13.1. The van der Waals surface area contributed by atoms with Gasteiger partial charge < -0.3 is 10.1 Å². The van der Waals surface area contributed by atoms with E-state index in [1.165, 1.54) is 19.3 Å². The molecule has 0 unspecified atom stereocenters. The second-order valence-corrected chi connectivity index (χ2v) is 6.52. The van der Waals surface area contributed by atoms with Crippen LogP contribution in [0.1, 0.15) is 42.5 Å². The molecular weight excluding hydrogens is 264 g/mol. The Balaban J connectivity index is 1.37. The highest BCUT2D eigenvalue weighted by Gasteiger charge is 2.36. The number of benzene rings is 1. The van der Waals surface area contributed by atoms with Crippen LogP contribution in [-0.4, -0.2) is 42.1 Å². The van der Waals surface area contributed by atoms with Crippen molar-refractivity contribution >= 4 is 5.91 Å². The molecule has 1 saturated heterocycles. The summed E-state index contributed by atoms with van der Waals surface area (Å²) in [6, 6.07) is 8.77. The van der Waals surface area contributed by atoms with Crippen molar-refractivity contribution in [2.75, 3.05) is 13.1 Å². The topological polar surface area (TPSA) is 41.6 Å². The van der Waals surface area contributed by atoms with Gasteiger partial charge in [-0.05, 0) is 37.8 Å². The molecule has 1 heterocycles. The number of hydrogen-bond donors (Lipinski definition) is 1. The lowest BCUT2D eigenvalue weighted by Gasteiger charge is -2.47. The van der Waals surface area contributed by atoms with E-state index in [9.17, 15) is 4.79 Å². The molecule has 1 amide bonds. The van der Waals surface area contributed by atoms with Gasteiger partial charge in [0.1, 0.15) is 11.9 Å². The monoisotopic (exact) mass is 286 g/mol. The highest BCUT2D eigenvalue weighted by Crippen LogP contribution is 2.31. The minimum Gasteiger partial charge on any atom is -0.487 e. The number of rotatable bonds is 5. The van der Waals surface area contributed by atoms with Crippen molar-refractivity contribution in [2.45, 2.75) is 50.3 Å². The summed E-state index contributed by atoms with van der Waals surface area (Å²) in [5, 5.41) is 3.04. The van der Waals surface area contributed by atoms with Crippen LogP contribution in [0.3, 0.4) is 0 Å². The third kappa shape index (κ3) is 2.77. The maximum atomic E-state index is 12.2. The lowest BCUT2D eigenvalue weighted by Crippen LogP contribution is -2.59. The van der Waals surface area contributed by atoms with Gasteiger partial charge in [-0.15, -0.1) is 0 Å². The van der Waals surface area contributed by atoms with Crippen LogP contribution in [0.15, 0.2) is 24.3 Å². The Morgan fingerprint density at radius 1 is 1.14 bits per heavy atom. The summed E-state index contributed by atoms with van der Waals surface area (Å²) in [6.07, 6.45) is 6.50. The third-order valence-electron chi connectivity index (χ3n) is 4.81. The summed E-state index contributed by atoms with van der Waals surface area (Å²) >= 11 is 0. The molecular formula is C17H22N2O2. The first-order chi connectivity index (χ1) is 10.3. The summed E-state index contributed by atoms with van der Waals surface area (Å²) in [6.45, 7) is 2.01. The van der Waals surface area contributed by atoms with Crippen molar-refractivity contribution < 1.29 is 9.53 Å². The number of nitrogens with one attached hydrogen (secondary N) is 1. The van der Waals surface area contributed by atoms with Crippen LogP contribution < -0.4 is 10.1 Å². The minimum atomic E-state index is 0.00303. The zero-order valence-electron chi connectivity index (χ0n) is 12.3. The number of carbonyl (C=O) groups excluding carboxylic acids is 1. The van der Waals surface area contributed by atoms with Gasteiger partial charge in [-0.1, -0.05) is 18.6 Å². The number of hydrogen-bond acceptors (Lipinski definition) is 3. The lowest BCUT2D eigenvalue weighted by molar-refractivity contribution is -0.0310.